The lowest BCUT2D eigenvalue weighted by molar-refractivity contribution is -0.117. The van der Waals surface area contributed by atoms with E-state index in [1.165, 1.54) is 12.1 Å². The molecule has 1 aliphatic carbocycles. The van der Waals surface area contributed by atoms with Crippen LogP contribution in [0.15, 0.2) is 18.2 Å². The van der Waals surface area contributed by atoms with Gasteiger partial charge in [0, 0.05) is 11.1 Å². The Morgan fingerprint density at radius 1 is 1.44 bits per heavy atom. The van der Waals surface area contributed by atoms with Gasteiger partial charge in [-0.1, -0.05) is 12.1 Å². The molecule has 3 nitrogen and oxygen atoms in total. The quantitative estimate of drug-likeness (QED) is 0.805. The highest BCUT2D eigenvalue weighted by Gasteiger charge is 2.46. The van der Waals surface area contributed by atoms with Crippen molar-refractivity contribution in [2.24, 2.45) is 5.73 Å². The van der Waals surface area contributed by atoms with Crippen LogP contribution in [0.5, 0.6) is 0 Å². The van der Waals surface area contributed by atoms with Crippen LogP contribution in [-0.2, 0) is 10.3 Å². The van der Waals surface area contributed by atoms with Crippen molar-refractivity contribution in [2.75, 3.05) is 6.54 Å². The number of carbonyl (C=O) groups excluding carboxylic acids is 1. The van der Waals surface area contributed by atoms with E-state index in [-0.39, 0.29) is 12.1 Å². The summed E-state index contributed by atoms with van der Waals surface area (Å²) < 4.78 is 26.6. The van der Waals surface area contributed by atoms with Gasteiger partial charge < -0.3 is 5.73 Å². The Hall–Kier alpha value is -1.49. The number of amides is 1. The van der Waals surface area contributed by atoms with Crippen molar-refractivity contribution in [3.63, 3.8) is 0 Å². The maximum Gasteiger partial charge on any atom is 0.231 e. The number of nitrogens with two attached hydrogens (primary N) is 1. The van der Waals surface area contributed by atoms with Crippen LogP contribution >= 0.6 is 0 Å². The van der Waals surface area contributed by atoms with E-state index in [1.54, 1.807) is 0 Å². The van der Waals surface area contributed by atoms with Gasteiger partial charge in [0.15, 0.2) is 11.6 Å². The Labute approximate surface area is 91.6 Å². The molecule has 2 rings (SSSR count). The third kappa shape index (κ3) is 1.90. The number of rotatable bonds is 4. The van der Waals surface area contributed by atoms with Gasteiger partial charge in [-0.3, -0.25) is 10.1 Å². The van der Waals surface area contributed by atoms with Gasteiger partial charge in [-0.25, -0.2) is 8.78 Å². The van der Waals surface area contributed by atoms with Crippen molar-refractivity contribution >= 4 is 5.91 Å². The summed E-state index contributed by atoms with van der Waals surface area (Å²) in [4.78, 5) is 10.6. The Morgan fingerprint density at radius 2 is 2.12 bits per heavy atom. The van der Waals surface area contributed by atoms with Gasteiger partial charge in [0.1, 0.15) is 0 Å². The smallest absolute Gasteiger partial charge is 0.231 e. The predicted molar refractivity (Wildman–Crippen MR) is 54.5 cm³/mol. The first-order valence-corrected chi connectivity index (χ1v) is 5.03. The van der Waals surface area contributed by atoms with Crippen molar-refractivity contribution in [1.29, 1.82) is 0 Å². The molecular formula is C11H12F2N2O. The van der Waals surface area contributed by atoms with Crippen LogP contribution in [-0.4, -0.2) is 12.5 Å². The summed E-state index contributed by atoms with van der Waals surface area (Å²) in [5.41, 5.74) is 4.67. The minimum Gasteiger partial charge on any atom is -0.369 e. The van der Waals surface area contributed by atoms with Gasteiger partial charge in [-0.15, -0.1) is 0 Å². The molecule has 0 aromatic heterocycles. The number of nitrogens with one attached hydrogen (secondary N) is 1. The van der Waals surface area contributed by atoms with Crippen LogP contribution in [0.2, 0.25) is 0 Å². The second-order valence-corrected chi connectivity index (χ2v) is 4.00. The van der Waals surface area contributed by atoms with E-state index in [0.717, 1.165) is 6.07 Å². The highest BCUT2D eigenvalue weighted by Crippen LogP contribution is 2.46. The third-order valence-electron chi connectivity index (χ3n) is 2.82. The topological polar surface area (TPSA) is 55.1 Å². The fourth-order valence-electron chi connectivity index (χ4n) is 1.80. The molecule has 16 heavy (non-hydrogen) atoms. The molecule has 0 radical (unpaired) electrons. The number of benzene rings is 1. The molecule has 0 bridgehead atoms. The van der Waals surface area contributed by atoms with Crippen LogP contribution in [0.25, 0.3) is 0 Å². The van der Waals surface area contributed by atoms with Gasteiger partial charge in [0.2, 0.25) is 5.91 Å². The maximum absolute atomic E-state index is 13.5. The Morgan fingerprint density at radius 3 is 2.69 bits per heavy atom. The van der Waals surface area contributed by atoms with Crippen molar-refractivity contribution in [1.82, 2.24) is 5.32 Å². The van der Waals surface area contributed by atoms with Crippen LogP contribution in [0.3, 0.4) is 0 Å². The van der Waals surface area contributed by atoms with Crippen molar-refractivity contribution in [2.45, 2.75) is 18.4 Å². The Kier molecular flexibility index (Phi) is 2.63. The lowest BCUT2D eigenvalue weighted by Gasteiger charge is -2.17. The Bertz CT molecular complexity index is 430. The van der Waals surface area contributed by atoms with Crippen LogP contribution in [0.1, 0.15) is 18.4 Å². The van der Waals surface area contributed by atoms with E-state index in [4.69, 9.17) is 5.73 Å². The van der Waals surface area contributed by atoms with Crippen LogP contribution in [0, 0.1) is 11.6 Å². The van der Waals surface area contributed by atoms with Crippen molar-refractivity contribution in [3.8, 4) is 0 Å². The third-order valence-corrected chi connectivity index (χ3v) is 2.82. The largest absolute Gasteiger partial charge is 0.369 e. The first-order valence-electron chi connectivity index (χ1n) is 5.03. The normalized spacial score (nSPS) is 17.1. The molecule has 0 aliphatic heterocycles. The summed E-state index contributed by atoms with van der Waals surface area (Å²) in [6.07, 6.45) is 1.36. The molecule has 1 aliphatic rings. The van der Waals surface area contributed by atoms with Crippen molar-refractivity contribution < 1.29 is 13.6 Å². The molecule has 0 saturated heterocycles. The zero-order valence-corrected chi connectivity index (χ0v) is 8.59. The lowest BCUT2D eigenvalue weighted by atomic mass is 10.0. The number of primary amides is 1. The molecule has 1 aromatic carbocycles. The fraction of sp³-hybridized carbons (Fsp3) is 0.364. The zero-order valence-electron chi connectivity index (χ0n) is 8.59. The highest BCUT2D eigenvalue weighted by molar-refractivity contribution is 5.76. The summed E-state index contributed by atoms with van der Waals surface area (Å²) >= 11 is 0. The van der Waals surface area contributed by atoms with Crippen LogP contribution in [0.4, 0.5) is 8.78 Å². The number of hydrogen-bond donors (Lipinski definition) is 2. The van der Waals surface area contributed by atoms with E-state index in [1.807, 2.05) is 0 Å². The summed E-state index contributed by atoms with van der Waals surface area (Å²) in [7, 11) is 0. The average Bonchev–Trinajstić information content (AvgIpc) is 3.00. The lowest BCUT2D eigenvalue weighted by Crippen LogP contribution is -2.37. The van der Waals surface area contributed by atoms with Gasteiger partial charge in [0.05, 0.1) is 6.54 Å². The van der Waals surface area contributed by atoms with E-state index in [9.17, 15) is 13.6 Å². The molecular weight excluding hydrogens is 214 g/mol. The van der Waals surface area contributed by atoms with E-state index < -0.39 is 23.1 Å². The summed E-state index contributed by atoms with van der Waals surface area (Å²) in [5, 5.41) is 2.87. The first-order chi connectivity index (χ1) is 7.55. The van der Waals surface area contributed by atoms with E-state index in [2.05, 4.69) is 5.32 Å². The molecule has 0 atom stereocenters. The summed E-state index contributed by atoms with van der Waals surface area (Å²) in [5.74, 6) is -2.23. The SMILES string of the molecule is NC(=O)CNC1(c2cccc(F)c2F)CC1. The standard InChI is InChI=1S/C11H12F2N2O/c12-8-3-1-2-7(10(8)13)11(4-5-11)15-6-9(14)16/h1-3,15H,4-6H2,(H2,14,16). The Balaban J connectivity index is 2.23. The second kappa shape index (κ2) is 3.83. The number of carbonyl (C=O) groups is 1. The summed E-state index contributed by atoms with van der Waals surface area (Å²) in [6.45, 7) is -0.0318. The summed E-state index contributed by atoms with van der Waals surface area (Å²) in [6, 6.07) is 4.06. The molecule has 0 unspecified atom stereocenters. The minimum absolute atomic E-state index is 0.0318. The highest BCUT2D eigenvalue weighted by atomic mass is 19.2. The van der Waals surface area contributed by atoms with Gasteiger partial charge in [-0.2, -0.15) is 0 Å². The zero-order chi connectivity index (χ0) is 11.8. The molecule has 1 amide bonds. The fourth-order valence-corrected chi connectivity index (χ4v) is 1.80. The first kappa shape index (κ1) is 11.0. The molecule has 5 heteroatoms. The molecule has 1 saturated carbocycles. The predicted octanol–water partition coefficient (Wildman–Crippen LogP) is 1.03. The van der Waals surface area contributed by atoms with Gasteiger partial charge in [0.25, 0.3) is 0 Å². The van der Waals surface area contributed by atoms with Crippen LogP contribution < -0.4 is 11.1 Å². The molecule has 0 heterocycles. The number of hydrogen-bond acceptors (Lipinski definition) is 2. The minimum atomic E-state index is -0.871. The van der Waals surface area contributed by atoms with Gasteiger partial charge in [-0.05, 0) is 18.9 Å². The van der Waals surface area contributed by atoms with E-state index in [0.29, 0.717) is 12.8 Å². The molecule has 86 valence electrons. The second-order valence-electron chi connectivity index (χ2n) is 4.00. The average molecular weight is 226 g/mol. The monoisotopic (exact) mass is 226 g/mol. The number of halogens is 2. The van der Waals surface area contributed by atoms with E-state index >= 15 is 0 Å². The maximum atomic E-state index is 13.5. The molecule has 0 spiro atoms. The van der Waals surface area contributed by atoms with Crippen molar-refractivity contribution in [3.05, 3.63) is 35.4 Å². The molecule has 1 aromatic rings. The molecule has 3 N–H and O–H groups in total. The van der Waals surface area contributed by atoms with Gasteiger partial charge >= 0.3 is 0 Å². The molecule has 1 fully saturated rings.